The van der Waals surface area contributed by atoms with Crippen molar-refractivity contribution in [2.45, 2.75) is 26.3 Å². The van der Waals surface area contributed by atoms with Gasteiger partial charge in [0.2, 0.25) is 5.91 Å². The van der Waals surface area contributed by atoms with E-state index in [0.29, 0.717) is 29.2 Å². The Bertz CT molecular complexity index is 610. The zero-order valence-electron chi connectivity index (χ0n) is 12.3. The molecule has 0 aliphatic carbocycles. The zero-order chi connectivity index (χ0) is 15.7. The van der Waals surface area contributed by atoms with Crippen LogP contribution in [0.15, 0.2) is 18.2 Å². The Morgan fingerprint density at radius 2 is 1.86 bits per heavy atom. The van der Waals surface area contributed by atoms with E-state index in [9.17, 15) is 14.4 Å². The Morgan fingerprint density at radius 3 is 2.48 bits per heavy atom. The van der Waals surface area contributed by atoms with Gasteiger partial charge in [-0.15, -0.1) is 0 Å². The molecule has 6 nitrogen and oxygen atoms in total. The lowest BCUT2D eigenvalue weighted by molar-refractivity contribution is -0.117. The summed E-state index contributed by atoms with van der Waals surface area (Å²) in [7, 11) is 1.43. The van der Waals surface area contributed by atoms with Gasteiger partial charge in [-0.05, 0) is 30.5 Å². The first-order valence-corrected chi connectivity index (χ1v) is 6.84. The summed E-state index contributed by atoms with van der Waals surface area (Å²) in [6.07, 6.45) is 0.580. The number of nitrogens with one attached hydrogen (secondary N) is 1. The SMILES string of the molecule is CC(C)C[C@@H](N)C(=O)Nc1ccc2c(c1)C(=O)N(C)C2=O. The minimum Gasteiger partial charge on any atom is -0.325 e. The van der Waals surface area contributed by atoms with E-state index >= 15 is 0 Å². The highest BCUT2D eigenvalue weighted by molar-refractivity contribution is 6.21. The Hall–Kier alpha value is -2.21. The lowest BCUT2D eigenvalue weighted by Gasteiger charge is -2.14. The number of amides is 3. The third-order valence-electron chi connectivity index (χ3n) is 3.42. The lowest BCUT2D eigenvalue weighted by Crippen LogP contribution is -2.36. The number of nitrogens with zero attached hydrogens (tertiary/aromatic N) is 1. The molecular formula is C15H19N3O3. The molecule has 112 valence electrons. The second-order valence-corrected chi connectivity index (χ2v) is 5.65. The summed E-state index contributed by atoms with van der Waals surface area (Å²) in [4.78, 5) is 36.7. The number of rotatable bonds is 4. The minimum absolute atomic E-state index is 0.297. The fourth-order valence-corrected chi connectivity index (χ4v) is 2.29. The molecule has 6 heteroatoms. The van der Waals surface area contributed by atoms with E-state index in [-0.39, 0.29) is 17.7 Å². The summed E-state index contributed by atoms with van der Waals surface area (Å²) >= 11 is 0. The fraction of sp³-hybridized carbons (Fsp3) is 0.400. The smallest absolute Gasteiger partial charge is 0.261 e. The van der Waals surface area contributed by atoms with Crippen molar-refractivity contribution in [3.8, 4) is 0 Å². The van der Waals surface area contributed by atoms with Crippen LogP contribution in [0.2, 0.25) is 0 Å². The van der Waals surface area contributed by atoms with Crippen molar-refractivity contribution in [1.82, 2.24) is 4.90 Å². The molecule has 1 aliphatic rings. The Morgan fingerprint density at radius 1 is 1.24 bits per heavy atom. The van der Waals surface area contributed by atoms with Crippen molar-refractivity contribution in [3.05, 3.63) is 29.3 Å². The summed E-state index contributed by atoms with van der Waals surface area (Å²) in [5, 5.41) is 2.68. The fourth-order valence-electron chi connectivity index (χ4n) is 2.29. The quantitative estimate of drug-likeness (QED) is 0.815. The van der Waals surface area contributed by atoms with Crippen LogP contribution in [0.4, 0.5) is 5.69 Å². The number of fused-ring (bicyclic) bond motifs is 1. The topological polar surface area (TPSA) is 92.5 Å². The molecule has 3 N–H and O–H groups in total. The van der Waals surface area contributed by atoms with Gasteiger partial charge >= 0.3 is 0 Å². The number of carbonyl (C=O) groups excluding carboxylic acids is 3. The van der Waals surface area contributed by atoms with E-state index in [1.807, 2.05) is 13.8 Å². The van der Waals surface area contributed by atoms with Gasteiger partial charge in [-0.1, -0.05) is 13.8 Å². The highest BCUT2D eigenvalue weighted by atomic mass is 16.2. The third-order valence-corrected chi connectivity index (χ3v) is 3.42. The van der Waals surface area contributed by atoms with Crippen molar-refractivity contribution in [2.24, 2.45) is 11.7 Å². The van der Waals surface area contributed by atoms with Crippen LogP contribution >= 0.6 is 0 Å². The maximum Gasteiger partial charge on any atom is 0.261 e. The number of hydrogen-bond donors (Lipinski definition) is 2. The van der Waals surface area contributed by atoms with Crippen molar-refractivity contribution in [3.63, 3.8) is 0 Å². The van der Waals surface area contributed by atoms with Crippen LogP contribution in [0.25, 0.3) is 0 Å². The average Bonchev–Trinajstić information content (AvgIpc) is 2.63. The van der Waals surface area contributed by atoms with Crippen LogP contribution in [-0.2, 0) is 4.79 Å². The standard InChI is InChI=1S/C15H19N3O3/c1-8(2)6-12(16)13(19)17-9-4-5-10-11(7-9)15(21)18(3)14(10)20/h4-5,7-8,12H,6,16H2,1-3H3,(H,17,19)/t12-/m1/s1. The molecule has 1 heterocycles. The predicted molar refractivity (Wildman–Crippen MR) is 78.9 cm³/mol. The molecular weight excluding hydrogens is 270 g/mol. The monoisotopic (exact) mass is 289 g/mol. The summed E-state index contributed by atoms with van der Waals surface area (Å²) < 4.78 is 0. The van der Waals surface area contributed by atoms with Crippen molar-refractivity contribution in [2.75, 3.05) is 12.4 Å². The molecule has 0 spiro atoms. The number of anilines is 1. The molecule has 0 radical (unpaired) electrons. The number of carbonyl (C=O) groups is 3. The van der Waals surface area contributed by atoms with Gasteiger partial charge in [0.05, 0.1) is 17.2 Å². The molecule has 0 saturated heterocycles. The number of nitrogens with two attached hydrogens (primary N) is 1. The van der Waals surface area contributed by atoms with Gasteiger partial charge in [-0.3, -0.25) is 19.3 Å². The second kappa shape index (κ2) is 5.65. The van der Waals surface area contributed by atoms with Crippen molar-refractivity contribution < 1.29 is 14.4 Å². The van der Waals surface area contributed by atoms with E-state index in [4.69, 9.17) is 5.73 Å². The zero-order valence-corrected chi connectivity index (χ0v) is 12.3. The van der Waals surface area contributed by atoms with Crippen LogP contribution < -0.4 is 11.1 Å². The van der Waals surface area contributed by atoms with Gasteiger partial charge in [0.25, 0.3) is 11.8 Å². The molecule has 1 atom stereocenters. The summed E-state index contributed by atoms with van der Waals surface area (Å²) in [6, 6.07) is 4.06. The van der Waals surface area contributed by atoms with Crippen LogP contribution in [0, 0.1) is 5.92 Å². The molecule has 0 fully saturated rings. The minimum atomic E-state index is -0.599. The largest absolute Gasteiger partial charge is 0.325 e. The molecule has 1 aromatic rings. The van der Waals surface area contributed by atoms with Gasteiger partial charge in [-0.2, -0.15) is 0 Å². The second-order valence-electron chi connectivity index (χ2n) is 5.65. The van der Waals surface area contributed by atoms with Gasteiger partial charge in [-0.25, -0.2) is 0 Å². The van der Waals surface area contributed by atoms with E-state index in [2.05, 4.69) is 5.32 Å². The van der Waals surface area contributed by atoms with E-state index in [1.54, 1.807) is 12.1 Å². The Balaban J connectivity index is 2.16. The molecule has 1 aromatic carbocycles. The molecule has 3 amide bonds. The predicted octanol–water partition coefficient (Wildman–Crippen LogP) is 1.22. The van der Waals surface area contributed by atoms with Gasteiger partial charge in [0.1, 0.15) is 0 Å². The van der Waals surface area contributed by atoms with E-state index in [0.717, 1.165) is 4.90 Å². The van der Waals surface area contributed by atoms with Crippen molar-refractivity contribution >= 4 is 23.4 Å². The molecule has 0 aromatic heterocycles. The third kappa shape index (κ3) is 2.95. The van der Waals surface area contributed by atoms with Crippen LogP contribution in [0.1, 0.15) is 41.0 Å². The highest BCUT2D eigenvalue weighted by Crippen LogP contribution is 2.24. The first kappa shape index (κ1) is 15.2. The van der Waals surface area contributed by atoms with E-state index in [1.165, 1.54) is 13.1 Å². The molecule has 0 saturated carbocycles. The van der Waals surface area contributed by atoms with Gasteiger partial charge in [0.15, 0.2) is 0 Å². The Labute approximate surface area is 123 Å². The lowest BCUT2D eigenvalue weighted by atomic mass is 10.0. The molecule has 1 aliphatic heterocycles. The summed E-state index contributed by atoms with van der Waals surface area (Å²) in [5.74, 6) is -0.672. The maximum absolute atomic E-state index is 12.0. The first-order valence-electron chi connectivity index (χ1n) is 6.84. The summed E-state index contributed by atoms with van der Waals surface area (Å²) in [6.45, 7) is 3.98. The number of hydrogen-bond acceptors (Lipinski definition) is 4. The Kier molecular flexibility index (Phi) is 4.09. The molecule has 0 unspecified atom stereocenters. The van der Waals surface area contributed by atoms with Crippen LogP contribution in [0.3, 0.4) is 0 Å². The maximum atomic E-state index is 12.0. The number of imide groups is 1. The van der Waals surface area contributed by atoms with Crippen LogP contribution in [0.5, 0.6) is 0 Å². The summed E-state index contributed by atoms with van der Waals surface area (Å²) in [5.41, 5.74) is 6.93. The van der Waals surface area contributed by atoms with Gasteiger partial charge < -0.3 is 11.1 Å². The van der Waals surface area contributed by atoms with Gasteiger partial charge in [0, 0.05) is 12.7 Å². The van der Waals surface area contributed by atoms with Crippen LogP contribution in [-0.4, -0.2) is 35.7 Å². The highest BCUT2D eigenvalue weighted by Gasteiger charge is 2.32. The average molecular weight is 289 g/mol. The first-order chi connectivity index (χ1) is 9.81. The molecule has 2 rings (SSSR count). The normalized spacial score (nSPS) is 15.4. The molecule has 0 bridgehead atoms. The van der Waals surface area contributed by atoms with E-state index < -0.39 is 6.04 Å². The van der Waals surface area contributed by atoms with Crippen molar-refractivity contribution in [1.29, 1.82) is 0 Å². The number of benzene rings is 1. The molecule has 21 heavy (non-hydrogen) atoms.